The quantitative estimate of drug-likeness (QED) is 0.132. The minimum atomic E-state index is -0.341. The molecule has 0 saturated heterocycles. The molecule has 4 nitrogen and oxygen atoms in total. The molecule has 0 aromatic carbocycles. The van der Waals surface area contributed by atoms with Crippen LogP contribution in [0.25, 0.3) is 0 Å². The van der Waals surface area contributed by atoms with Crippen molar-refractivity contribution in [1.29, 1.82) is 0 Å². The number of thiocarbonyl (C=S) groups is 1. The van der Waals surface area contributed by atoms with E-state index in [4.69, 9.17) is 17.0 Å². The molecule has 2 unspecified atom stereocenters. The van der Waals surface area contributed by atoms with Crippen LogP contribution in [0.5, 0.6) is 0 Å². The fourth-order valence-electron chi connectivity index (χ4n) is 3.08. The lowest BCUT2D eigenvalue weighted by molar-refractivity contribution is -0.147. The summed E-state index contributed by atoms with van der Waals surface area (Å²) in [5.41, 5.74) is 0. The first kappa shape index (κ1) is 29.7. The normalized spacial score (nSPS) is 13.0. The minimum Gasteiger partial charge on any atom is -0.466 e. The molecule has 7 heteroatoms. The van der Waals surface area contributed by atoms with Crippen LogP contribution in [0.15, 0.2) is 0 Å². The summed E-state index contributed by atoms with van der Waals surface area (Å²) in [5, 5.41) is -0.341. The zero-order valence-corrected chi connectivity index (χ0v) is 22.2. The van der Waals surface area contributed by atoms with Gasteiger partial charge in [0, 0.05) is 14.1 Å². The van der Waals surface area contributed by atoms with Crippen molar-refractivity contribution in [3.63, 3.8) is 0 Å². The van der Waals surface area contributed by atoms with Crippen LogP contribution >= 0.6 is 35.7 Å². The van der Waals surface area contributed by atoms with E-state index in [0.717, 1.165) is 15.7 Å². The van der Waals surface area contributed by atoms with Crippen molar-refractivity contribution in [2.24, 2.45) is 5.92 Å². The van der Waals surface area contributed by atoms with E-state index in [1.807, 2.05) is 6.92 Å². The molecule has 0 aromatic rings. The first-order chi connectivity index (χ1) is 14.3. The Hall–Kier alpha value is -0.270. The van der Waals surface area contributed by atoms with Gasteiger partial charge in [0.25, 0.3) is 0 Å². The smallest absolute Gasteiger partial charge is 0.308 e. The van der Waals surface area contributed by atoms with Crippen molar-refractivity contribution in [1.82, 2.24) is 4.90 Å². The van der Waals surface area contributed by atoms with E-state index >= 15 is 0 Å². The maximum Gasteiger partial charge on any atom is 0.308 e. The first-order valence-electron chi connectivity index (χ1n) is 11.5. The fraction of sp³-hybridized carbons (Fsp3) is 0.870. The highest BCUT2D eigenvalue weighted by molar-refractivity contribution is 8.47. The number of amides is 1. The van der Waals surface area contributed by atoms with Crippen molar-refractivity contribution in [2.75, 3.05) is 26.5 Å². The standard InChI is InChI=1S/C23H43NO3S3/c1-6-8-9-10-11-12-13-14-15-16-17-29-23(28)30-20(21(25)24(4)5)18-19(3)22(26)27-7-2/h19-20H,6-18H2,1-5H3. The summed E-state index contributed by atoms with van der Waals surface area (Å²) in [4.78, 5) is 26.1. The lowest BCUT2D eigenvalue weighted by Crippen LogP contribution is -2.34. The van der Waals surface area contributed by atoms with Crippen LogP contribution < -0.4 is 0 Å². The number of esters is 1. The zero-order valence-electron chi connectivity index (χ0n) is 19.7. The molecule has 0 spiro atoms. The Morgan fingerprint density at radius 3 is 1.97 bits per heavy atom. The average Bonchev–Trinajstić information content (AvgIpc) is 2.70. The number of hydrogen-bond acceptors (Lipinski definition) is 6. The molecule has 1 amide bonds. The molecule has 0 radical (unpaired) electrons. The van der Waals surface area contributed by atoms with Crippen molar-refractivity contribution in [3.8, 4) is 0 Å². The third-order valence-corrected chi connectivity index (χ3v) is 7.81. The maximum atomic E-state index is 12.5. The van der Waals surface area contributed by atoms with E-state index < -0.39 is 0 Å². The van der Waals surface area contributed by atoms with Crippen LogP contribution in [-0.4, -0.2) is 52.0 Å². The van der Waals surface area contributed by atoms with Gasteiger partial charge in [-0.05, 0) is 25.5 Å². The van der Waals surface area contributed by atoms with E-state index in [-0.39, 0.29) is 23.0 Å². The number of nitrogens with zero attached hydrogens (tertiary/aromatic N) is 1. The summed E-state index contributed by atoms with van der Waals surface area (Å²) in [6.07, 6.45) is 13.7. The largest absolute Gasteiger partial charge is 0.466 e. The highest BCUT2D eigenvalue weighted by Crippen LogP contribution is 2.29. The number of carbonyl (C=O) groups is 2. The lowest BCUT2D eigenvalue weighted by Gasteiger charge is -2.22. The van der Waals surface area contributed by atoms with Crippen LogP contribution in [0.2, 0.25) is 0 Å². The van der Waals surface area contributed by atoms with Crippen LogP contribution in [0, 0.1) is 5.92 Å². The predicted octanol–water partition coefficient (Wildman–Crippen LogP) is 6.70. The van der Waals surface area contributed by atoms with Gasteiger partial charge in [0.2, 0.25) is 5.91 Å². The Morgan fingerprint density at radius 1 is 0.933 bits per heavy atom. The molecule has 30 heavy (non-hydrogen) atoms. The van der Waals surface area contributed by atoms with E-state index in [1.54, 1.807) is 37.7 Å². The average molecular weight is 478 g/mol. The number of carbonyl (C=O) groups excluding carboxylic acids is 2. The van der Waals surface area contributed by atoms with Crippen molar-refractivity contribution >= 4 is 51.1 Å². The summed E-state index contributed by atoms with van der Waals surface area (Å²) < 4.78 is 5.88. The van der Waals surface area contributed by atoms with Gasteiger partial charge in [-0.25, -0.2) is 0 Å². The van der Waals surface area contributed by atoms with Crippen molar-refractivity contribution < 1.29 is 14.3 Å². The van der Waals surface area contributed by atoms with E-state index in [1.165, 1.54) is 69.5 Å². The fourth-order valence-corrected chi connectivity index (χ4v) is 6.00. The SMILES string of the molecule is CCCCCCCCCCCCSC(=S)SC(CC(C)C(=O)OCC)C(=O)N(C)C. The molecular formula is C23H43NO3S3. The van der Waals surface area contributed by atoms with Gasteiger partial charge in [-0.3, -0.25) is 9.59 Å². The van der Waals surface area contributed by atoms with Crippen LogP contribution in [-0.2, 0) is 14.3 Å². The Balaban J connectivity index is 4.10. The first-order valence-corrected chi connectivity index (χ1v) is 13.8. The van der Waals surface area contributed by atoms with Crippen LogP contribution in [0.4, 0.5) is 0 Å². The van der Waals surface area contributed by atoms with Crippen molar-refractivity contribution in [2.45, 2.75) is 96.7 Å². The summed E-state index contributed by atoms with van der Waals surface area (Å²) in [6, 6.07) is 0. The third kappa shape index (κ3) is 15.5. The number of rotatable bonds is 17. The van der Waals surface area contributed by atoms with Gasteiger partial charge < -0.3 is 9.64 Å². The molecule has 0 heterocycles. The number of unbranched alkanes of at least 4 members (excludes halogenated alkanes) is 9. The molecule has 0 saturated carbocycles. The molecule has 2 atom stereocenters. The van der Waals surface area contributed by atoms with Gasteiger partial charge in [-0.1, -0.05) is 95.6 Å². The monoisotopic (exact) mass is 477 g/mol. The molecule has 0 N–H and O–H groups in total. The highest BCUT2D eigenvalue weighted by atomic mass is 32.2. The summed E-state index contributed by atoms with van der Waals surface area (Å²) in [7, 11) is 3.48. The molecule has 0 fully saturated rings. The van der Waals surface area contributed by atoms with E-state index in [9.17, 15) is 9.59 Å². The van der Waals surface area contributed by atoms with Gasteiger partial charge in [-0.15, -0.1) is 11.8 Å². The summed E-state index contributed by atoms with van der Waals surface area (Å²) >= 11 is 8.60. The molecule has 0 aliphatic carbocycles. The van der Waals surface area contributed by atoms with Gasteiger partial charge in [0.1, 0.15) is 3.53 Å². The maximum absolute atomic E-state index is 12.5. The number of ether oxygens (including phenoxy) is 1. The molecule has 0 aliphatic rings. The topological polar surface area (TPSA) is 46.6 Å². The molecule has 0 aromatic heterocycles. The Bertz CT molecular complexity index is 486. The predicted molar refractivity (Wildman–Crippen MR) is 137 cm³/mol. The zero-order chi connectivity index (χ0) is 22.8. The number of hydrogen-bond donors (Lipinski definition) is 0. The highest BCUT2D eigenvalue weighted by Gasteiger charge is 2.28. The van der Waals surface area contributed by atoms with Crippen molar-refractivity contribution in [3.05, 3.63) is 0 Å². The molecular weight excluding hydrogens is 434 g/mol. The second-order valence-corrected chi connectivity index (χ2v) is 11.5. The van der Waals surface area contributed by atoms with Gasteiger partial charge >= 0.3 is 5.97 Å². The third-order valence-electron chi connectivity index (χ3n) is 4.93. The summed E-state index contributed by atoms with van der Waals surface area (Å²) in [6.45, 7) is 6.22. The second kappa shape index (κ2) is 19.4. The number of thioether (sulfide) groups is 2. The Morgan fingerprint density at radius 2 is 1.47 bits per heavy atom. The molecule has 0 rings (SSSR count). The van der Waals surface area contributed by atoms with Gasteiger partial charge in [-0.2, -0.15) is 0 Å². The van der Waals surface area contributed by atoms with Gasteiger partial charge in [0.15, 0.2) is 0 Å². The van der Waals surface area contributed by atoms with Crippen LogP contribution in [0.3, 0.4) is 0 Å². The van der Waals surface area contributed by atoms with Crippen LogP contribution in [0.1, 0.15) is 91.4 Å². The second-order valence-electron chi connectivity index (χ2n) is 8.01. The molecule has 176 valence electrons. The molecule has 0 bridgehead atoms. The van der Waals surface area contributed by atoms with E-state index in [2.05, 4.69) is 6.92 Å². The van der Waals surface area contributed by atoms with E-state index in [0.29, 0.717) is 13.0 Å². The Kier molecular flexibility index (Phi) is 19.2. The minimum absolute atomic E-state index is 0.00182. The summed E-state index contributed by atoms with van der Waals surface area (Å²) in [5.74, 6) is 0.427. The van der Waals surface area contributed by atoms with Gasteiger partial charge in [0.05, 0.1) is 17.8 Å². The lowest BCUT2D eigenvalue weighted by atomic mass is 10.1. The molecule has 0 aliphatic heterocycles. The Labute approximate surface area is 199 Å².